The van der Waals surface area contributed by atoms with Crippen LogP contribution in [-0.4, -0.2) is 47.7 Å². The van der Waals surface area contributed by atoms with Crippen molar-refractivity contribution in [1.82, 2.24) is 4.90 Å². The topological polar surface area (TPSA) is 56.6 Å². The zero-order valence-corrected chi connectivity index (χ0v) is 7.58. The number of morpholine rings is 1. The molecule has 1 fully saturated rings. The van der Waals surface area contributed by atoms with Crippen LogP contribution in [0.1, 0.15) is 13.8 Å². The largest absolute Gasteiger partial charge is 0.388 e. The average Bonchev–Trinajstić information content (AvgIpc) is 2.01. The molecule has 2 N–H and O–H groups in total. The number of amidine groups is 1. The molecule has 70 valence electrons. The van der Waals surface area contributed by atoms with Crippen molar-refractivity contribution in [3.8, 4) is 0 Å². The molecule has 4 nitrogen and oxygen atoms in total. The first kappa shape index (κ1) is 9.48. The lowest BCUT2D eigenvalue weighted by Gasteiger charge is -2.36. The molecule has 12 heavy (non-hydrogen) atoms. The van der Waals surface area contributed by atoms with Gasteiger partial charge >= 0.3 is 0 Å². The molecule has 0 aromatic heterocycles. The monoisotopic (exact) mass is 172 g/mol. The number of hydrogen-bond acceptors (Lipinski definition) is 3. The van der Waals surface area contributed by atoms with E-state index in [4.69, 9.17) is 15.3 Å². The highest BCUT2D eigenvalue weighted by Crippen LogP contribution is 2.10. The van der Waals surface area contributed by atoms with E-state index < -0.39 is 0 Å². The van der Waals surface area contributed by atoms with Crippen molar-refractivity contribution in [2.75, 3.05) is 19.7 Å². The van der Waals surface area contributed by atoms with Gasteiger partial charge in [-0.05, 0) is 13.8 Å². The Morgan fingerprint density at radius 3 is 2.42 bits per heavy atom. The van der Waals surface area contributed by atoms with Crippen LogP contribution in [0.2, 0.25) is 0 Å². The third-order valence-electron chi connectivity index (χ3n) is 1.95. The van der Waals surface area contributed by atoms with Gasteiger partial charge in [0.2, 0.25) is 0 Å². The standard InChI is InChI=1S/C8H16N2O2/c1-6-3-10(8(9)5-11)4-7(2)12-6/h6-7,9,11H,3-5H2,1-2H3/t6-,7+. The van der Waals surface area contributed by atoms with Crippen molar-refractivity contribution in [2.45, 2.75) is 26.1 Å². The molecule has 0 aliphatic carbocycles. The van der Waals surface area contributed by atoms with Crippen molar-refractivity contribution in [1.29, 1.82) is 5.41 Å². The van der Waals surface area contributed by atoms with Gasteiger partial charge in [0, 0.05) is 13.1 Å². The molecule has 0 aromatic carbocycles. The Hall–Kier alpha value is -0.610. The van der Waals surface area contributed by atoms with E-state index in [0.29, 0.717) is 13.1 Å². The van der Waals surface area contributed by atoms with Crippen LogP contribution in [0.3, 0.4) is 0 Å². The summed E-state index contributed by atoms with van der Waals surface area (Å²) >= 11 is 0. The minimum Gasteiger partial charge on any atom is -0.388 e. The summed E-state index contributed by atoms with van der Waals surface area (Å²) in [5.41, 5.74) is 0. The van der Waals surface area contributed by atoms with Crippen LogP contribution in [0.15, 0.2) is 0 Å². The highest BCUT2D eigenvalue weighted by molar-refractivity contribution is 5.80. The lowest BCUT2D eigenvalue weighted by molar-refractivity contribution is -0.0493. The Bertz CT molecular complexity index is 162. The van der Waals surface area contributed by atoms with Crippen LogP contribution >= 0.6 is 0 Å². The van der Waals surface area contributed by atoms with Crippen LogP contribution in [0.25, 0.3) is 0 Å². The second-order valence-electron chi connectivity index (χ2n) is 3.27. The summed E-state index contributed by atoms with van der Waals surface area (Å²) in [6, 6.07) is 0. The van der Waals surface area contributed by atoms with Gasteiger partial charge in [0.1, 0.15) is 12.4 Å². The normalized spacial score (nSPS) is 30.4. The van der Waals surface area contributed by atoms with Crippen molar-refractivity contribution >= 4 is 5.84 Å². The summed E-state index contributed by atoms with van der Waals surface area (Å²) in [7, 11) is 0. The third kappa shape index (κ3) is 2.19. The molecule has 1 saturated heterocycles. The number of aliphatic hydroxyl groups is 1. The first-order valence-corrected chi connectivity index (χ1v) is 4.22. The second-order valence-corrected chi connectivity index (χ2v) is 3.27. The summed E-state index contributed by atoms with van der Waals surface area (Å²) in [5, 5.41) is 16.2. The van der Waals surface area contributed by atoms with Gasteiger partial charge in [0.05, 0.1) is 12.2 Å². The number of hydrogen-bond donors (Lipinski definition) is 2. The lowest BCUT2D eigenvalue weighted by Crippen LogP contribution is -2.48. The van der Waals surface area contributed by atoms with E-state index in [9.17, 15) is 0 Å². The summed E-state index contributed by atoms with van der Waals surface area (Å²) in [6.45, 7) is 5.20. The molecule has 0 aromatic rings. The van der Waals surface area contributed by atoms with E-state index in [-0.39, 0.29) is 24.7 Å². The predicted octanol–water partition coefficient (Wildman–Crippen LogP) is 0.0652. The average molecular weight is 172 g/mol. The zero-order valence-electron chi connectivity index (χ0n) is 7.58. The first-order valence-electron chi connectivity index (χ1n) is 4.22. The minimum absolute atomic E-state index is 0.153. The molecule has 1 aliphatic heterocycles. The lowest BCUT2D eigenvalue weighted by atomic mass is 10.2. The Morgan fingerprint density at radius 1 is 1.50 bits per heavy atom. The maximum absolute atomic E-state index is 8.75. The van der Waals surface area contributed by atoms with Gasteiger partial charge in [0.25, 0.3) is 0 Å². The summed E-state index contributed by atoms with van der Waals surface area (Å²) < 4.78 is 5.49. The van der Waals surface area contributed by atoms with E-state index in [2.05, 4.69) is 0 Å². The van der Waals surface area contributed by atoms with Gasteiger partial charge in [-0.25, -0.2) is 0 Å². The van der Waals surface area contributed by atoms with Crippen molar-refractivity contribution < 1.29 is 9.84 Å². The molecule has 0 radical (unpaired) electrons. The van der Waals surface area contributed by atoms with Crippen LogP contribution in [0.4, 0.5) is 0 Å². The van der Waals surface area contributed by atoms with Gasteiger partial charge in [-0.3, -0.25) is 5.41 Å². The number of ether oxygens (including phenoxy) is 1. The number of nitrogens with zero attached hydrogens (tertiary/aromatic N) is 1. The Kier molecular flexibility index (Phi) is 3.05. The fourth-order valence-corrected chi connectivity index (χ4v) is 1.50. The van der Waals surface area contributed by atoms with Gasteiger partial charge in [-0.1, -0.05) is 0 Å². The van der Waals surface area contributed by atoms with Gasteiger partial charge in [-0.15, -0.1) is 0 Å². The summed E-state index contributed by atoms with van der Waals surface area (Å²) in [4.78, 5) is 1.86. The molecule has 0 unspecified atom stereocenters. The van der Waals surface area contributed by atoms with Crippen molar-refractivity contribution in [3.63, 3.8) is 0 Å². The molecule has 0 spiro atoms. The maximum Gasteiger partial charge on any atom is 0.122 e. The van der Waals surface area contributed by atoms with Gasteiger partial charge in [0.15, 0.2) is 0 Å². The first-order chi connectivity index (χ1) is 5.63. The molecule has 0 bridgehead atoms. The summed E-state index contributed by atoms with van der Waals surface area (Å²) in [6.07, 6.45) is 0.307. The molecule has 1 heterocycles. The maximum atomic E-state index is 8.75. The zero-order chi connectivity index (χ0) is 9.14. The van der Waals surface area contributed by atoms with E-state index >= 15 is 0 Å². The molecule has 1 aliphatic rings. The predicted molar refractivity (Wildman–Crippen MR) is 46.4 cm³/mol. The van der Waals surface area contributed by atoms with Crippen molar-refractivity contribution in [3.05, 3.63) is 0 Å². The van der Waals surface area contributed by atoms with E-state index in [0.717, 1.165) is 0 Å². The number of rotatable bonds is 1. The molecular weight excluding hydrogens is 156 g/mol. The van der Waals surface area contributed by atoms with Crippen molar-refractivity contribution in [2.24, 2.45) is 0 Å². The van der Waals surface area contributed by atoms with Crippen LogP contribution in [0, 0.1) is 5.41 Å². The molecule has 0 amide bonds. The fourth-order valence-electron chi connectivity index (χ4n) is 1.50. The Balaban J connectivity index is 2.49. The fraction of sp³-hybridized carbons (Fsp3) is 0.875. The molecular formula is C8H16N2O2. The summed E-state index contributed by atoms with van der Waals surface area (Å²) in [5.74, 6) is 0.289. The Labute approximate surface area is 72.6 Å². The van der Waals surface area contributed by atoms with Crippen LogP contribution < -0.4 is 0 Å². The molecule has 4 heteroatoms. The van der Waals surface area contributed by atoms with Crippen LogP contribution in [0.5, 0.6) is 0 Å². The van der Waals surface area contributed by atoms with Crippen LogP contribution in [-0.2, 0) is 4.74 Å². The third-order valence-corrected chi connectivity index (χ3v) is 1.95. The quantitative estimate of drug-likeness (QED) is 0.434. The second kappa shape index (κ2) is 3.87. The Morgan fingerprint density at radius 2 is 2.00 bits per heavy atom. The van der Waals surface area contributed by atoms with Gasteiger partial charge < -0.3 is 14.7 Å². The molecule has 2 atom stereocenters. The van der Waals surface area contributed by atoms with E-state index in [1.165, 1.54) is 0 Å². The van der Waals surface area contributed by atoms with E-state index in [1.807, 2.05) is 18.7 Å². The van der Waals surface area contributed by atoms with E-state index in [1.54, 1.807) is 0 Å². The SMILES string of the molecule is C[C@@H]1CN(C(=N)CO)C[C@H](C)O1. The number of nitrogens with one attached hydrogen (secondary N) is 1. The van der Waals surface area contributed by atoms with Gasteiger partial charge in [-0.2, -0.15) is 0 Å². The highest BCUT2D eigenvalue weighted by atomic mass is 16.5. The highest BCUT2D eigenvalue weighted by Gasteiger charge is 2.23. The molecule has 0 saturated carbocycles. The molecule has 1 rings (SSSR count). The minimum atomic E-state index is -0.181. The smallest absolute Gasteiger partial charge is 0.122 e. The number of aliphatic hydroxyl groups excluding tert-OH is 1.